The van der Waals surface area contributed by atoms with Crippen LogP contribution in [0.4, 0.5) is 0 Å². The smallest absolute Gasteiger partial charge is 0.226 e. The lowest BCUT2D eigenvalue weighted by molar-refractivity contribution is -0.136. The fourth-order valence-electron chi connectivity index (χ4n) is 5.11. The molecular formula is C18H26N2O3. The first-order valence-corrected chi connectivity index (χ1v) is 9.30. The van der Waals surface area contributed by atoms with Gasteiger partial charge in [-0.2, -0.15) is 0 Å². The molecule has 5 aliphatic rings. The molecule has 23 heavy (non-hydrogen) atoms. The van der Waals surface area contributed by atoms with E-state index in [1.54, 1.807) is 0 Å². The summed E-state index contributed by atoms with van der Waals surface area (Å²) in [6, 6.07) is 0. The van der Waals surface area contributed by atoms with Gasteiger partial charge in [-0.3, -0.25) is 9.59 Å². The molecule has 1 spiro atoms. The van der Waals surface area contributed by atoms with Gasteiger partial charge in [0.2, 0.25) is 11.8 Å². The first-order chi connectivity index (χ1) is 11.2. The lowest BCUT2D eigenvalue weighted by atomic mass is 9.77. The van der Waals surface area contributed by atoms with Gasteiger partial charge in [-0.25, -0.2) is 0 Å². The average molecular weight is 318 g/mol. The standard InChI is InChI=1S/C18H26N2O3/c21-15-7-18(11-20(15)8-12-1-2-12)3-5-19(6-4-18)17(22)16-13-9-23-10-14(13)16/h12-14,16H,1-11H2/t13-,14+,16?. The topological polar surface area (TPSA) is 49.9 Å². The number of rotatable bonds is 3. The summed E-state index contributed by atoms with van der Waals surface area (Å²) in [6.45, 7) is 5.18. The summed E-state index contributed by atoms with van der Waals surface area (Å²) in [6.07, 6.45) is 5.32. The third kappa shape index (κ3) is 2.39. The molecule has 3 saturated heterocycles. The largest absolute Gasteiger partial charge is 0.381 e. The summed E-state index contributed by atoms with van der Waals surface area (Å²) in [5.74, 6) is 2.73. The summed E-state index contributed by atoms with van der Waals surface area (Å²) >= 11 is 0. The molecule has 5 rings (SSSR count). The second kappa shape index (κ2) is 4.95. The summed E-state index contributed by atoms with van der Waals surface area (Å²) in [5.41, 5.74) is 0.158. The van der Waals surface area contributed by atoms with E-state index in [4.69, 9.17) is 4.74 Å². The van der Waals surface area contributed by atoms with E-state index in [-0.39, 0.29) is 11.3 Å². The van der Waals surface area contributed by atoms with Crippen LogP contribution in [0.5, 0.6) is 0 Å². The van der Waals surface area contributed by atoms with Crippen molar-refractivity contribution in [1.29, 1.82) is 0 Å². The van der Waals surface area contributed by atoms with E-state index < -0.39 is 0 Å². The zero-order valence-corrected chi connectivity index (χ0v) is 13.7. The summed E-state index contributed by atoms with van der Waals surface area (Å²) in [4.78, 5) is 29.1. The molecular weight excluding hydrogens is 292 g/mol. The van der Waals surface area contributed by atoms with Crippen LogP contribution in [0, 0.1) is 29.1 Å². The normalized spacial score (nSPS) is 38.3. The number of fused-ring (bicyclic) bond motifs is 1. The molecule has 2 amide bonds. The third-order valence-corrected chi connectivity index (χ3v) is 6.95. The van der Waals surface area contributed by atoms with Crippen molar-refractivity contribution in [2.75, 3.05) is 39.4 Å². The van der Waals surface area contributed by atoms with Gasteiger partial charge >= 0.3 is 0 Å². The minimum absolute atomic E-state index is 0.158. The molecule has 5 heteroatoms. The van der Waals surface area contributed by atoms with E-state index in [1.807, 2.05) is 0 Å². The SMILES string of the molecule is O=C1CC2(CCN(C(=O)C3[C@H]4COC[C@@H]34)CC2)CN1CC1CC1. The van der Waals surface area contributed by atoms with Crippen LogP contribution in [-0.4, -0.2) is 61.0 Å². The Kier molecular flexibility index (Phi) is 3.07. The molecule has 3 atom stereocenters. The van der Waals surface area contributed by atoms with Crippen molar-refractivity contribution in [3.05, 3.63) is 0 Å². The van der Waals surface area contributed by atoms with Crippen molar-refractivity contribution in [3.63, 3.8) is 0 Å². The van der Waals surface area contributed by atoms with Gasteiger partial charge in [0.25, 0.3) is 0 Å². The molecule has 5 nitrogen and oxygen atoms in total. The zero-order chi connectivity index (χ0) is 15.6. The monoisotopic (exact) mass is 318 g/mol. The number of carbonyl (C=O) groups is 2. The Balaban J connectivity index is 1.18. The van der Waals surface area contributed by atoms with Gasteiger partial charge in [0.05, 0.1) is 13.2 Å². The molecule has 0 radical (unpaired) electrons. The van der Waals surface area contributed by atoms with Crippen LogP contribution in [0.15, 0.2) is 0 Å². The Labute approximate surface area is 137 Å². The predicted molar refractivity (Wildman–Crippen MR) is 83.5 cm³/mol. The average Bonchev–Trinajstić information content (AvgIpc) is 3.41. The molecule has 2 saturated carbocycles. The maximum absolute atomic E-state index is 12.7. The van der Waals surface area contributed by atoms with Gasteiger partial charge < -0.3 is 14.5 Å². The van der Waals surface area contributed by atoms with Gasteiger partial charge in [0.15, 0.2) is 0 Å². The fraction of sp³-hybridized carbons (Fsp3) is 0.889. The van der Waals surface area contributed by atoms with Crippen molar-refractivity contribution in [2.24, 2.45) is 29.1 Å². The number of hydrogen-bond donors (Lipinski definition) is 0. The Morgan fingerprint density at radius 1 is 1.17 bits per heavy atom. The second-order valence-electron chi connectivity index (χ2n) is 8.61. The quantitative estimate of drug-likeness (QED) is 0.784. The van der Waals surface area contributed by atoms with Gasteiger partial charge in [-0.15, -0.1) is 0 Å². The van der Waals surface area contributed by atoms with Gasteiger partial charge in [-0.05, 0) is 43.4 Å². The van der Waals surface area contributed by atoms with Gasteiger partial charge in [0, 0.05) is 43.9 Å². The summed E-state index contributed by atoms with van der Waals surface area (Å²) in [7, 11) is 0. The van der Waals surface area contributed by atoms with E-state index in [0.29, 0.717) is 30.1 Å². The molecule has 0 bridgehead atoms. The van der Waals surface area contributed by atoms with Crippen LogP contribution in [-0.2, 0) is 14.3 Å². The van der Waals surface area contributed by atoms with Crippen LogP contribution in [0.3, 0.4) is 0 Å². The second-order valence-corrected chi connectivity index (χ2v) is 8.61. The van der Waals surface area contributed by atoms with Crippen molar-refractivity contribution in [3.8, 4) is 0 Å². The van der Waals surface area contributed by atoms with E-state index in [1.165, 1.54) is 12.8 Å². The Hall–Kier alpha value is -1.10. The van der Waals surface area contributed by atoms with Crippen molar-refractivity contribution in [2.45, 2.75) is 32.1 Å². The highest BCUT2D eigenvalue weighted by molar-refractivity contribution is 5.83. The highest BCUT2D eigenvalue weighted by Crippen LogP contribution is 2.52. The van der Waals surface area contributed by atoms with Crippen LogP contribution in [0.1, 0.15) is 32.1 Å². The number of ether oxygens (including phenoxy) is 1. The maximum Gasteiger partial charge on any atom is 0.226 e. The molecule has 0 aromatic rings. The number of carbonyl (C=O) groups excluding carboxylic acids is 2. The van der Waals surface area contributed by atoms with E-state index in [9.17, 15) is 9.59 Å². The first-order valence-electron chi connectivity index (χ1n) is 9.30. The van der Waals surface area contributed by atoms with Crippen LogP contribution >= 0.6 is 0 Å². The van der Waals surface area contributed by atoms with E-state index in [0.717, 1.165) is 58.2 Å². The summed E-state index contributed by atoms with van der Waals surface area (Å²) in [5, 5.41) is 0. The lowest BCUT2D eigenvalue weighted by Crippen LogP contribution is -2.45. The first kappa shape index (κ1) is 14.3. The highest BCUT2D eigenvalue weighted by Gasteiger charge is 2.59. The minimum atomic E-state index is 0.158. The Bertz CT molecular complexity index is 526. The van der Waals surface area contributed by atoms with Gasteiger partial charge in [-0.1, -0.05) is 0 Å². The fourth-order valence-corrected chi connectivity index (χ4v) is 5.11. The molecule has 0 aromatic carbocycles. The van der Waals surface area contributed by atoms with Crippen molar-refractivity contribution >= 4 is 11.8 Å². The molecule has 5 fully saturated rings. The molecule has 1 unspecified atom stereocenters. The third-order valence-electron chi connectivity index (χ3n) is 6.95. The molecule has 0 N–H and O–H groups in total. The van der Waals surface area contributed by atoms with Crippen molar-refractivity contribution < 1.29 is 14.3 Å². The number of hydrogen-bond acceptors (Lipinski definition) is 3. The summed E-state index contributed by atoms with van der Waals surface area (Å²) < 4.78 is 5.40. The van der Waals surface area contributed by atoms with Crippen LogP contribution < -0.4 is 0 Å². The number of amides is 2. The molecule has 126 valence electrons. The van der Waals surface area contributed by atoms with E-state index in [2.05, 4.69) is 9.80 Å². The number of nitrogens with zero attached hydrogens (tertiary/aromatic N) is 2. The van der Waals surface area contributed by atoms with Crippen LogP contribution in [0.2, 0.25) is 0 Å². The predicted octanol–water partition coefficient (Wildman–Crippen LogP) is 1.13. The molecule has 3 heterocycles. The number of piperidine rings is 1. The molecule has 3 aliphatic heterocycles. The van der Waals surface area contributed by atoms with Gasteiger partial charge in [0.1, 0.15) is 0 Å². The van der Waals surface area contributed by atoms with Crippen molar-refractivity contribution in [1.82, 2.24) is 9.80 Å². The lowest BCUT2D eigenvalue weighted by Gasteiger charge is -2.39. The van der Waals surface area contributed by atoms with E-state index >= 15 is 0 Å². The number of likely N-dealkylation sites (tertiary alicyclic amines) is 2. The Morgan fingerprint density at radius 2 is 1.87 bits per heavy atom. The molecule has 2 aliphatic carbocycles. The zero-order valence-electron chi connectivity index (χ0n) is 13.7. The maximum atomic E-state index is 12.7. The Morgan fingerprint density at radius 3 is 2.52 bits per heavy atom. The minimum Gasteiger partial charge on any atom is -0.381 e. The molecule has 0 aromatic heterocycles. The highest BCUT2D eigenvalue weighted by atomic mass is 16.5. The van der Waals surface area contributed by atoms with Crippen LogP contribution in [0.25, 0.3) is 0 Å².